The van der Waals surface area contributed by atoms with Gasteiger partial charge < -0.3 is 10.4 Å². The molecule has 142 valence electrons. The molecule has 0 heterocycles. The molecule has 0 saturated heterocycles. The van der Waals surface area contributed by atoms with Gasteiger partial charge in [-0.05, 0) is 49.1 Å². The Morgan fingerprint density at radius 1 is 0.538 bits per heavy atom. The molecule has 0 saturated carbocycles. The number of hydrogen-bond acceptors (Lipinski definition) is 2. The smallest absolute Gasteiger partial charge is 0.0431 e. The van der Waals surface area contributed by atoms with Crippen molar-refractivity contribution in [1.82, 2.24) is 0 Å². The monoisotopic (exact) mass is 353 g/mol. The van der Waals surface area contributed by atoms with Crippen molar-refractivity contribution in [2.24, 2.45) is 0 Å². The van der Waals surface area contributed by atoms with E-state index in [1.807, 2.05) is 18.2 Å². The molecule has 2 heteroatoms. The molecule has 0 unspecified atom stereocenters. The molecule has 2 nitrogen and oxygen atoms in total. The number of aliphatic hydroxyl groups excluding tert-OH is 1. The van der Waals surface area contributed by atoms with Crippen molar-refractivity contribution in [1.29, 1.82) is 0 Å². The molecule has 0 spiro atoms. The molecule has 2 rings (SSSR count). The van der Waals surface area contributed by atoms with E-state index in [0.717, 1.165) is 17.8 Å². The summed E-state index contributed by atoms with van der Waals surface area (Å²) in [5, 5.41) is 12.2. The van der Waals surface area contributed by atoms with Gasteiger partial charge in [0.2, 0.25) is 0 Å². The highest BCUT2D eigenvalue weighted by molar-refractivity contribution is 5.59. The fraction of sp³-hybridized carbons (Fsp3) is 0.500. The van der Waals surface area contributed by atoms with Crippen LogP contribution in [0.3, 0.4) is 0 Å². The number of hydrogen-bond donors (Lipinski definition) is 2. The third-order valence-corrected chi connectivity index (χ3v) is 4.89. The summed E-state index contributed by atoms with van der Waals surface area (Å²) >= 11 is 0. The first-order valence-electron chi connectivity index (χ1n) is 10.4. The lowest BCUT2D eigenvalue weighted by Crippen LogP contribution is -1.91. The van der Waals surface area contributed by atoms with Crippen molar-refractivity contribution in [3.8, 4) is 0 Å². The van der Waals surface area contributed by atoms with Gasteiger partial charge in [-0.2, -0.15) is 0 Å². The molecule has 0 aliphatic carbocycles. The van der Waals surface area contributed by atoms with E-state index < -0.39 is 0 Å². The second-order valence-corrected chi connectivity index (χ2v) is 7.20. The van der Waals surface area contributed by atoms with Crippen LogP contribution < -0.4 is 5.32 Å². The van der Waals surface area contributed by atoms with Crippen molar-refractivity contribution in [3.05, 3.63) is 60.2 Å². The van der Waals surface area contributed by atoms with Crippen LogP contribution in [0.25, 0.3) is 0 Å². The number of unbranched alkanes of at least 4 members (excludes halogenated alkanes) is 9. The summed E-state index contributed by atoms with van der Waals surface area (Å²) in [6.45, 7) is 0.353. The molecule has 2 aromatic carbocycles. The van der Waals surface area contributed by atoms with Gasteiger partial charge in [-0.15, -0.1) is 0 Å². The third kappa shape index (κ3) is 9.05. The average molecular weight is 354 g/mol. The van der Waals surface area contributed by atoms with Gasteiger partial charge in [0, 0.05) is 18.0 Å². The maximum atomic E-state index is 8.74. The lowest BCUT2D eigenvalue weighted by molar-refractivity contribution is 0.282. The lowest BCUT2D eigenvalue weighted by Gasteiger charge is -2.07. The quantitative estimate of drug-likeness (QED) is 0.363. The summed E-state index contributed by atoms with van der Waals surface area (Å²) < 4.78 is 0. The maximum absolute atomic E-state index is 8.74. The van der Waals surface area contributed by atoms with Gasteiger partial charge in [0.05, 0.1) is 0 Å². The van der Waals surface area contributed by atoms with E-state index in [4.69, 9.17) is 5.11 Å². The fourth-order valence-corrected chi connectivity index (χ4v) is 3.30. The summed E-state index contributed by atoms with van der Waals surface area (Å²) in [6.07, 6.45) is 14.1. The van der Waals surface area contributed by atoms with Crippen molar-refractivity contribution >= 4 is 11.4 Å². The zero-order valence-corrected chi connectivity index (χ0v) is 16.1. The van der Waals surface area contributed by atoms with E-state index in [1.165, 1.54) is 69.8 Å². The van der Waals surface area contributed by atoms with Crippen LogP contribution in [0.4, 0.5) is 11.4 Å². The van der Waals surface area contributed by atoms with E-state index >= 15 is 0 Å². The molecule has 0 aliphatic rings. The van der Waals surface area contributed by atoms with Crippen LogP contribution in [-0.2, 0) is 6.42 Å². The van der Waals surface area contributed by atoms with Gasteiger partial charge in [0.1, 0.15) is 0 Å². The largest absolute Gasteiger partial charge is 0.396 e. The maximum Gasteiger partial charge on any atom is 0.0431 e. The van der Waals surface area contributed by atoms with E-state index in [2.05, 4.69) is 41.7 Å². The third-order valence-electron chi connectivity index (χ3n) is 4.89. The van der Waals surface area contributed by atoms with Crippen LogP contribution in [0.1, 0.15) is 69.8 Å². The molecular formula is C24H35NO. The number of para-hydroxylation sites is 1. The Hall–Kier alpha value is -1.80. The normalized spacial score (nSPS) is 10.8. The number of benzene rings is 2. The summed E-state index contributed by atoms with van der Waals surface area (Å²) in [6, 6.07) is 19.2. The number of rotatable bonds is 14. The Morgan fingerprint density at radius 3 is 1.62 bits per heavy atom. The first-order chi connectivity index (χ1) is 12.9. The lowest BCUT2D eigenvalue weighted by atomic mass is 10.0. The molecule has 2 N–H and O–H groups in total. The van der Waals surface area contributed by atoms with Gasteiger partial charge in [-0.25, -0.2) is 0 Å². The minimum Gasteiger partial charge on any atom is -0.396 e. The Balaban J connectivity index is 1.49. The number of nitrogens with one attached hydrogen (secondary N) is 1. The van der Waals surface area contributed by atoms with Crippen LogP contribution >= 0.6 is 0 Å². The van der Waals surface area contributed by atoms with E-state index in [1.54, 1.807) is 0 Å². The van der Waals surface area contributed by atoms with Gasteiger partial charge in [-0.1, -0.05) is 81.7 Å². The second kappa shape index (κ2) is 13.4. The standard InChI is InChI=1S/C24H35NO/c26-21-13-8-6-4-2-1-3-5-7-10-14-22-17-19-24(20-18-22)25-23-15-11-9-12-16-23/h9,11-12,15-20,25-26H,1-8,10,13-14,21H2. The molecule has 26 heavy (non-hydrogen) atoms. The predicted molar refractivity (Wildman–Crippen MR) is 113 cm³/mol. The van der Waals surface area contributed by atoms with Crippen LogP contribution in [0, 0.1) is 0 Å². The molecule has 0 fully saturated rings. The number of aryl methyl sites for hydroxylation is 1. The first kappa shape index (κ1) is 20.5. The zero-order valence-electron chi connectivity index (χ0n) is 16.1. The van der Waals surface area contributed by atoms with Crippen molar-refractivity contribution in [3.63, 3.8) is 0 Å². The highest BCUT2D eigenvalue weighted by Crippen LogP contribution is 2.18. The minimum absolute atomic E-state index is 0.353. The topological polar surface area (TPSA) is 32.3 Å². The van der Waals surface area contributed by atoms with Gasteiger partial charge in [0.25, 0.3) is 0 Å². The summed E-state index contributed by atoms with van der Waals surface area (Å²) in [5.74, 6) is 0. The molecule has 0 amide bonds. The van der Waals surface area contributed by atoms with Crippen molar-refractivity contribution in [2.45, 2.75) is 70.6 Å². The van der Waals surface area contributed by atoms with Crippen LogP contribution in [0.2, 0.25) is 0 Å². The highest BCUT2D eigenvalue weighted by Gasteiger charge is 1.97. The zero-order chi connectivity index (χ0) is 18.3. The predicted octanol–water partition coefficient (Wildman–Crippen LogP) is 6.87. The van der Waals surface area contributed by atoms with Crippen LogP contribution in [0.5, 0.6) is 0 Å². The Kier molecular flexibility index (Phi) is 10.6. The Morgan fingerprint density at radius 2 is 1.04 bits per heavy atom. The summed E-state index contributed by atoms with van der Waals surface area (Å²) in [7, 11) is 0. The summed E-state index contributed by atoms with van der Waals surface area (Å²) in [5.41, 5.74) is 3.72. The van der Waals surface area contributed by atoms with E-state index in [0.29, 0.717) is 6.61 Å². The van der Waals surface area contributed by atoms with Crippen LogP contribution in [0.15, 0.2) is 54.6 Å². The van der Waals surface area contributed by atoms with Gasteiger partial charge in [-0.3, -0.25) is 0 Å². The molecular weight excluding hydrogens is 318 g/mol. The average Bonchev–Trinajstić information content (AvgIpc) is 2.68. The molecule has 0 aliphatic heterocycles. The Labute approximate surface area is 159 Å². The minimum atomic E-state index is 0.353. The second-order valence-electron chi connectivity index (χ2n) is 7.20. The highest BCUT2D eigenvalue weighted by atomic mass is 16.2. The van der Waals surface area contributed by atoms with E-state index in [9.17, 15) is 0 Å². The SMILES string of the molecule is OCCCCCCCCCCCCc1ccc(Nc2ccccc2)cc1. The molecule has 0 bridgehead atoms. The Bertz CT molecular complexity index is 565. The molecule has 0 atom stereocenters. The van der Waals surface area contributed by atoms with Crippen LogP contribution in [-0.4, -0.2) is 11.7 Å². The fourth-order valence-electron chi connectivity index (χ4n) is 3.30. The van der Waals surface area contributed by atoms with Crippen molar-refractivity contribution in [2.75, 3.05) is 11.9 Å². The van der Waals surface area contributed by atoms with Crippen molar-refractivity contribution < 1.29 is 5.11 Å². The number of anilines is 2. The first-order valence-corrected chi connectivity index (χ1v) is 10.4. The molecule has 0 radical (unpaired) electrons. The number of aliphatic hydroxyl groups is 1. The van der Waals surface area contributed by atoms with Gasteiger partial charge in [0.15, 0.2) is 0 Å². The van der Waals surface area contributed by atoms with E-state index in [-0.39, 0.29) is 0 Å². The van der Waals surface area contributed by atoms with Gasteiger partial charge >= 0.3 is 0 Å². The molecule has 2 aromatic rings. The molecule has 0 aromatic heterocycles. The summed E-state index contributed by atoms with van der Waals surface area (Å²) in [4.78, 5) is 0.